The van der Waals surface area contributed by atoms with E-state index in [0.29, 0.717) is 16.4 Å². The van der Waals surface area contributed by atoms with Gasteiger partial charge in [0, 0.05) is 25.6 Å². The van der Waals surface area contributed by atoms with Crippen LogP contribution in [-0.4, -0.2) is 44.3 Å². The van der Waals surface area contributed by atoms with Crippen LogP contribution in [0, 0.1) is 0 Å². The molecule has 0 aliphatic rings. The lowest BCUT2D eigenvalue weighted by Crippen LogP contribution is -2.22. The maximum atomic E-state index is 11.9. The summed E-state index contributed by atoms with van der Waals surface area (Å²) in [5, 5.41) is 8.68. The van der Waals surface area contributed by atoms with E-state index in [4.69, 9.17) is 5.11 Å². The van der Waals surface area contributed by atoms with Crippen LogP contribution < -0.4 is 0 Å². The van der Waals surface area contributed by atoms with Gasteiger partial charge in [0.05, 0.1) is 11.5 Å². The Balaban J connectivity index is 2.86. The Hall–Kier alpha value is -0.560. The molecule has 4 nitrogen and oxygen atoms in total. The van der Waals surface area contributed by atoms with Crippen molar-refractivity contribution in [1.82, 2.24) is 4.31 Å². The fraction of sp³-hybridized carbons (Fsp3) is 0.455. The Kier molecular flexibility index (Phi) is 5.45. The van der Waals surface area contributed by atoms with Gasteiger partial charge >= 0.3 is 0 Å². The number of aliphatic hydroxyl groups is 1. The first kappa shape index (κ1) is 14.5. The molecule has 0 spiro atoms. The van der Waals surface area contributed by atoms with Crippen LogP contribution in [0.25, 0.3) is 0 Å². The van der Waals surface area contributed by atoms with E-state index in [1.165, 1.54) is 18.4 Å². The molecule has 0 unspecified atom stereocenters. The lowest BCUT2D eigenvalue weighted by Gasteiger charge is -2.12. The van der Waals surface area contributed by atoms with Crippen molar-refractivity contribution in [2.75, 3.05) is 26.5 Å². The highest BCUT2D eigenvalue weighted by atomic mass is 32.2. The van der Waals surface area contributed by atoms with Crippen LogP contribution in [0.2, 0.25) is 0 Å². The number of thioether (sulfide) groups is 1. The van der Waals surface area contributed by atoms with Gasteiger partial charge in [0.15, 0.2) is 0 Å². The van der Waals surface area contributed by atoms with Crippen LogP contribution in [0.3, 0.4) is 0 Å². The minimum absolute atomic E-state index is 0.139. The molecule has 1 N–H and O–H groups in total. The number of nitrogens with zero attached hydrogens (tertiary/aromatic N) is 1. The number of aliphatic hydroxyl groups excluding tert-OH is 1. The van der Waals surface area contributed by atoms with Crippen LogP contribution in [0.1, 0.15) is 5.56 Å². The van der Waals surface area contributed by atoms with E-state index in [0.717, 1.165) is 5.56 Å². The highest BCUT2D eigenvalue weighted by Crippen LogP contribution is 2.18. The molecule has 1 aromatic carbocycles. The van der Waals surface area contributed by atoms with Crippen molar-refractivity contribution < 1.29 is 13.5 Å². The zero-order valence-electron chi connectivity index (χ0n) is 9.96. The third kappa shape index (κ3) is 3.99. The summed E-state index contributed by atoms with van der Waals surface area (Å²) in [6.45, 7) is 0.139. The minimum Gasteiger partial charge on any atom is -0.396 e. The van der Waals surface area contributed by atoms with E-state index in [9.17, 15) is 8.42 Å². The molecule has 96 valence electrons. The number of benzene rings is 1. The van der Waals surface area contributed by atoms with E-state index in [2.05, 4.69) is 0 Å². The van der Waals surface area contributed by atoms with Gasteiger partial charge in [0.1, 0.15) is 0 Å². The average molecular weight is 275 g/mol. The zero-order chi connectivity index (χ0) is 12.9. The van der Waals surface area contributed by atoms with Crippen molar-refractivity contribution in [2.45, 2.75) is 10.6 Å². The van der Waals surface area contributed by atoms with Crippen molar-refractivity contribution in [2.24, 2.45) is 0 Å². The molecule has 17 heavy (non-hydrogen) atoms. The summed E-state index contributed by atoms with van der Waals surface area (Å²) in [6.07, 6.45) is 0. The lowest BCUT2D eigenvalue weighted by molar-refractivity contribution is 0.322. The van der Waals surface area contributed by atoms with Crippen LogP contribution in [-0.2, 0) is 15.8 Å². The maximum Gasteiger partial charge on any atom is 0.242 e. The van der Waals surface area contributed by atoms with Crippen LogP contribution >= 0.6 is 11.8 Å². The molecule has 0 radical (unpaired) electrons. The number of hydrogen-bond donors (Lipinski definition) is 1. The predicted octanol–water partition coefficient (Wildman–Crippen LogP) is 1.16. The SMILES string of the molecule is CN(C)S(=O)(=O)c1cccc(CSCCO)c1. The van der Waals surface area contributed by atoms with Gasteiger partial charge in [-0.2, -0.15) is 11.8 Å². The first-order valence-corrected chi connectivity index (χ1v) is 7.78. The third-order valence-corrected chi connectivity index (χ3v) is 5.00. The fourth-order valence-corrected chi connectivity index (χ4v) is 2.92. The Morgan fingerprint density at radius 1 is 1.35 bits per heavy atom. The summed E-state index contributed by atoms with van der Waals surface area (Å²) >= 11 is 1.58. The van der Waals surface area contributed by atoms with Gasteiger partial charge < -0.3 is 5.11 Å². The van der Waals surface area contributed by atoms with Crippen molar-refractivity contribution in [3.05, 3.63) is 29.8 Å². The Morgan fingerprint density at radius 3 is 2.65 bits per heavy atom. The molecule has 0 fully saturated rings. The molecule has 0 amide bonds. The molecular weight excluding hydrogens is 258 g/mol. The normalized spacial score (nSPS) is 12.0. The number of rotatable bonds is 6. The zero-order valence-corrected chi connectivity index (χ0v) is 11.6. The fourth-order valence-electron chi connectivity index (χ4n) is 1.26. The van der Waals surface area contributed by atoms with Gasteiger partial charge in [-0.05, 0) is 17.7 Å². The van der Waals surface area contributed by atoms with E-state index in [1.807, 2.05) is 6.07 Å². The second-order valence-electron chi connectivity index (χ2n) is 3.71. The average Bonchev–Trinajstić information content (AvgIpc) is 2.29. The molecule has 0 saturated heterocycles. The van der Waals surface area contributed by atoms with Gasteiger partial charge in [0.2, 0.25) is 10.0 Å². The molecule has 6 heteroatoms. The van der Waals surface area contributed by atoms with Crippen molar-refractivity contribution >= 4 is 21.8 Å². The minimum atomic E-state index is -3.36. The summed E-state index contributed by atoms with van der Waals surface area (Å²) in [5.74, 6) is 1.36. The first-order chi connectivity index (χ1) is 7.98. The molecule has 1 rings (SSSR count). The smallest absolute Gasteiger partial charge is 0.242 e. The Morgan fingerprint density at radius 2 is 2.06 bits per heavy atom. The monoisotopic (exact) mass is 275 g/mol. The van der Waals surface area contributed by atoms with Crippen molar-refractivity contribution in [3.8, 4) is 0 Å². The highest BCUT2D eigenvalue weighted by Gasteiger charge is 2.16. The largest absolute Gasteiger partial charge is 0.396 e. The quantitative estimate of drug-likeness (QED) is 0.792. The van der Waals surface area contributed by atoms with Gasteiger partial charge in [-0.1, -0.05) is 12.1 Å². The van der Waals surface area contributed by atoms with E-state index >= 15 is 0 Å². The molecule has 0 aromatic heterocycles. The van der Waals surface area contributed by atoms with E-state index in [1.54, 1.807) is 30.0 Å². The summed E-state index contributed by atoms with van der Waals surface area (Å²) in [6, 6.07) is 6.90. The second kappa shape index (κ2) is 6.39. The summed E-state index contributed by atoms with van der Waals surface area (Å²) in [5.41, 5.74) is 0.950. The number of hydrogen-bond acceptors (Lipinski definition) is 4. The second-order valence-corrected chi connectivity index (χ2v) is 6.97. The Labute approximate surface area is 107 Å². The topological polar surface area (TPSA) is 57.6 Å². The molecular formula is C11H17NO3S2. The van der Waals surface area contributed by atoms with E-state index < -0.39 is 10.0 Å². The summed E-state index contributed by atoms with van der Waals surface area (Å²) in [4.78, 5) is 0.310. The maximum absolute atomic E-state index is 11.9. The van der Waals surface area contributed by atoms with Crippen LogP contribution in [0.5, 0.6) is 0 Å². The molecule has 0 aliphatic heterocycles. The standard InChI is InChI=1S/C11H17NO3S2/c1-12(2)17(14,15)11-5-3-4-10(8-11)9-16-7-6-13/h3-5,8,13H,6-7,9H2,1-2H3. The van der Waals surface area contributed by atoms with Gasteiger partial charge in [-0.3, -0.25) is 0 Å². The molecule has 0 bridgehead atoms. The van der Waals surface area contributed by atoms with Crippen molar-refractivity contribution in [1.29, 1.82) is 0 Å². The van der Waals surface area contributed by atoms with Gasteiger partial charge in [-0.15, -0.1) is 0 Å². The molecule has 0 saturated carbocycles. The Bertz CT molecular complexity index is 458. The molecule has 0 heterocycles. The summed E-state index contributed by atoms with van der Waals surface area (Å²) in [7, 11) is -0.323. The number of sulfonamides is 1. The highest BCUT2D eigenvalue weighted by molar-refractivity contribution is 7.98. The van der Waals surface area contributed by atoms with Gasteiger partial charge in [0.25, 0.3) is 0 Å². The third-order valence-electron chi connectivity index (χ3n) is 2.18. The molecule has 0 aliphatic carbocycles. The first-order valence-electron chi connectivity index (χ1n) is 5.18. The molecule has 0 atom stereocenters. The van der Waals surface area contributed by atoms with Crippen molar-refractivity contribution in [3.63, 3.8) is 0 Å². The van der Waals surface area contributed by atoms with Crippen LogP contribution in [0.4, 0.5) is 0 Å². The van der Waals surface area contributed by atoms with Crippen LogP contribution in [0.15, 0.2) is 29.2 Å². The lowest BCUT2D eigenvalue weighted by atomic mass is 10.2. The summed E-state index contributed by atoms with van der Waals surface area (Å²) < 4.78 is 25.0. The predicted molar refractivity (Wildman–Crippen MR) is 70.6 cm³/mol. The van der Waals surface area contributed by atoms with Gasteiger partial charge in [-0.25, -0.2) is 12.7 Å². The molecule has 1 aromatic rings. The van der Waals surface area contributed by atoms with E-state index in [-0.39, 0.29) is 6.61 Å².